The molecule has 0 N–H and O–H groups in total. The molecule has 1 fully saturated rings. The quantitative estimate of drug-likeness (QED) is 0.439. The van der Waals surface area contributed by atoms with Gasteiger partial charge in [0.15, 0.2) is 0 Å². The zero-order valence-corrected chi connectivity index (χ0v) is 7.69. The van der Waals surface area contributed by atoms with Crippen LogP contribution in [0.25, 0.3) is 0 Å². The smallest absolute Gasteiger partial charge is 0.106 e. The van der Waals surface area contributed by atoms with E-state index in [-0.39, 0.29) is 0 Å². The van der Waals surface area contributed by atoms with Crippen molar-refractivity contribution in [3.63, 3.8) is 0 Å². The van der Waals surface area contributed by atoms with Crippen LogP contribution in [0.2, 0.25) is 0 Å². The monoisotopic (exact) mass is 168 g/mol. The molecule has 1 heterocycles. The minimum Gasteiger partial charge on any atom is -0.350 e. The summed E-state index contributed by atoms with van der Waals surface area (Å²) >= 11 is 5.18. The minimum absolute atomic E-state index is 0.449. The molecular formula is C8H12N2S. The van der Waals surface area contributed by atoms with Crippen LogP contribution in [0.4, 0.5) is 0 Å². The van der Waals surface area contributed by atoms with E-state index in [1.54, 1.807) is 0 Å². The summed E-state index contributed by atoms with van der Waals surface area (Å²) in [5, 5.41) is 8.50. The molecule has 0 radical (unpaired) electrons. The van der Waals surface area contributed by atoms with Crippen molar-refractivity contribution in [1.29, 1.82) is 5.26 Å². The van der Waals surface area contributed by atoms with Crippen molar-refractivity contribution in [2.75, 3.05) is 6.54 Å². The molecule has 1 aliphatic heterocycles. The molecule has 0 aliphatic carbocycles. The Balaban J connectivity index is 2.65. The van der Waals surface area contributed by atoms with E-state index in [4.69, 9.17) is 17.5 Å². The van der Waals surface area contributed by atoms with E-state index in [2.05, 4.69) is 19.9 Å². The SMILES string of the molecule is CC1CC(C)N(CC#N)C1=S. The zero-order valence-electron chi connectivity index (χ0n) is 6.87. The van der Waals surface area contributed by atoms with Gasteiger partial charge in [-0.1, -0.05) is 19.1 Å². The van der Waals surface area contributed by atoms with Crippen LogP contribution in [-0.2, 0) is 0 Å². The minimum atomic E-state index is 0.449. The largest absolute Gasteiger partial charge is 0.350 e. The summed E-state index contributed by atoms with van der Waals surface area (Å²) in [4.78, 5) is 2.97. The van der Waals surface area contributed by atoms with Gasteiger partial charge in [-0.25, -0.2) is 0 Å². The summed E-state index contributed by atoms with van der Waals surface area (Å²) in [5.74, 6) is 0.480. The van der Waals surface area contributed by atoms with Gasteiger partial charge in [-0.05, 0) is 13.3 Å². The average molecular weight is 168 g/mol. The number of thiocarbonyl (C=S) groups is 1. The lowest BCUT2D eigenvalue weighted by atomic mass is 10.1. The fraction of sp³-hybridized carbons (Fsp3) is 0.750. The zero-order chi connectivity index (χ0) is 8.43. The molecule has 0 saturated carbocycles. The maximum Gasteiger partial charge on any atom is 0.106 e. The highest BCUT2D eigenvalue weighted by Crippen LogP contribution is 2.24. The van der Waals surface area contributed by atoms with Crippen molar-refractivity contribution in [2.45, 2.75) is 26.3 Å². The average Bonchev–Trinajstić information content (AvgIpc) is 2.17. The van der Waals surface area contributed by atoms with E-state index in [0.29, 0.717) is 18.5 Å². The van der Waals surface area contributed by atoms with Crippen molar-refractivity contribution in [1.82, 2.24) is 4.90 Å². The molecule has 1 aliphatic rings. The molecule has 0 aromatic heterocycles. The Kier molecular flexibility index (Phi) is 2.45. The Hall–Kier alpha value is -0.620. The van der Waals surface area contributed by atoms with E-state index >= 15 is 0 Å². The van der Waals surface area contributed by atoms with Crippen molar-refractivity contribution in [3.8, 4) is 6.07 Å². The standard InChI is InChI=1S/C8H12N2S/c1-6-5-7(2)10(4-3-9)8(6)11/h6-7H,4-5H2,1-2H3. The van der Waals surface area contributed by atoms with Gasteiger partial charge in [0.1, 0.15) is 6.54 Å². The maximum absolute atomic E-state index is 8.50. The Morgan fingerprint density at radius 1 is 1.73 bits per heavy atom. The Morgan fingerprint density at radius 3 is 2.73 bits per heavy atom. The molecule has 0 spiro atoms. The van der Waals surface area contributed by atoms with Crippen LogP contribution < -0.4 is 0 Å². The molecule has 2 atom stereocenters. The second kappa shape index (κ2) is 3.19. The summed E-state index contributed by atoms with van der Waals surface area (Å²) in [6.07, 6.45) is 1.10. The predicted octanol–water partition coefficient (Wildman–Crippen LogP) is 1.57. The number of likely N-dealkylation sites (tertiary alicyclic amines) is 1. The fourth-order valence-corrected chi connectivity index (χ4v) is 1.89. The van der Waals surface area contributed by atoms with Crippen LogP contribution in [0.15, 0.2) is 0 Å². The number of nitrogens with zero attached hydrogens (tertiary/aromatic N) is 2. The highest BCUT2D eigenvalue weighted by Gasteiger charge is 2.29. The van der Waals surface area contributed by atoms with Crippen LogP contribution in [0.3, 0.4) is 0 Å². The molecule has 3 heteroatoms. The van der Waals surface area contributed by atoms with Gasteiger partial charge in [0.25, 0.3) is 0 Å². The lowest BCUT2D eigenvalue weighted by Crippen LogP contribution is -2.30. The lowest BCUT2D eigenvalue weighted by Gasteiger charge is -2.19. The second-order valence-corrected chi connectivity index (χ2v) is 3.53. The van der Waals surface area contributed by atoms with E-state index in [1.165, 1.54) is 0 Å². The molecule has 2 unspecified atom stereocenters. The highest BCUT2D eigenvalue weighted by atomic mass is 32.1. The van der Waals surface area contributed by atoms with Crippen molar-refractivity contribution in [2.24, 2.45) is 5.92 Å². The molecule has 1 saturated heterocycles. The van der Waals surface area contributed by atoms with Crippen LogP contribution >= 0.6 is 12.2 Å². The summed E-state index contributed by atoms with van der Waals surface area (Å²) in [6, 6.07) is 2.59. The van der Waals surface area contributed by atoms with Crippen LogP contribution in [0.1, 0.15) is 20.3 Å². The number of nitriles is 1. The topological polar surface area (TPSA) is 27.0 Å². The lowest BCUT2D eigenvalue weighted by molar-refractivity contribution is 0.393. The molecule has 0 amide bonds. The Bertz CT molecular complexity index is 207. The number of hydrogen-bond donors (Lipinski definition) is 0. The van der Waals surface area contributed by atoms with Crippen molar-refractivity contribution < 1.29 is 0 Å². The van der Waals surface area contributed by atoms with Crippen molar-refractivity contribution >= 4 is 17.2 Å². The summed E-state index contributed by atoms with van der Waals surface area (Å²) in [5.41, 5.74) is 0. The fourth-order valence-electron chi connectivity index (χ4n) is 1.55. The third kappa shape index (κ3) is 1.51. The third-order valence-electron chi connectivity index (χ3n) is 2.17. The number of hydrogen-bond acceptors (Lipinski definition) is 2. The normalized spacial score (nSPS) is 30.6. The first-order valence-corrected chi connectivity index (χ1v) is 4.25. The Morgan fingerprint density at radius 2 is 2.36 bits per heavy atom. The second-order valence-electron chi connectivity index (χ2n) is 3.11. The maximum atomic E-state index is 8.50. The van der Waals surface area contributed by atoms with Gasteiger partial charge >= 0.3 is 0 Å². The van der Waals surface area contributed by atoms with E-state index in [1.807, 2.05) is 4.90 Å². The Labute approximate surface area is 72.8 Å². The van der Waals surface area contributed by atoms with Gasteiger partial charge in [-0.15, -0.1) is 0 Å². The van der Waals surface area contributed by atoms with Gasteiger partial charge < -0.3 is 4.90 Å². The third-order valence-corrected chi connectivity index (χ3v) is 2.81. The van der Waals surface area contributed by atoms with Gasteiger partial charge in [-0.3, -0.25) is 0 Å². The van der Waals surface area contributed by atoms with E-state index in [9.17, 15) is 0 Å². The summed E-state index contributed by atoms with van der Waals surface area (Å²) in [6.45, 7) is 4.69. The van der Waals surface area contributed by atoms with Crippen LogP contribution in [0.5, 0.6) is 0 Å². The molecular weight excluding hydrogens is 156 g/mol. The van der Waals surface area contributed by atoms with Gasteiger partial charge in [0, 0.05) is 12.0 Å². The van der Waals surface area contributed by atoms with Gasteiger partial charge in [0.05, 0.1) is 11.1 Å². The first kappa shape index (κ1) is 8.48. The molecule has 0 aromatic carbocycles. The number of rotatable bonds is 1. The predicted molar refractivity (Wildman–Crippen MR) is 48.2 cm³/mol. The molecule has 0 aromatic rings. The van der Waals surface area contributed by atoms with E-state index < -0.39 is 0 Å². The van der Waals surface area contributed by atoms with Crippen molar-refractivity contribution in [3.05, 3.63) is 0 Å². The summed E-state index contributed by atoms with van der Waals surface area (Å²) in [7, 11) is 0. The molecule has 11 heavy (non-hydrogen) atoms. The summed E-state index contributed by atoms with van der Waals surface area (Å²) < 4.78 is 0. The van der Waals surface area contributed by atoms with E-state index in [0.717, 1.165) is 11.4 Å². The van der Waals surface area contributed by atoms with Gasteiger partial charge in [0.2, 0.25) is 0 Å². The van der Waals surface area contributed by atoms with Gasteiger partial charge in [-0.2, -0.15) is 5.26 Å². The highest BCUT2D eigenvalue weighted by molar-refractivity contribution is 7.80. The molecule has 2 nitrogen and oxygen atoms in total. The van der Waals surface area contributed by atoms with Crippen LogP contribution in [0, 0.1) is 17.2 Å². The molecule has 1 rings (SSSR count). The first-order chi connectivity index (χ1) is 5.16. The first-order valence-electron chi connectivity index (χ1n) is 3.84. The van der Waals surface area contributed by atoms with Crippen LogP contribution in [-0.4, -0.2) is 22.5 Å². The molecule has 60 valence electrons. The molecule has 0 bridgehead atoms.